The second-order valence-electron chi connectivity index (χ2n) is 10.7. The molecule has 2 amide bonds. The molecule has 2 saturated heterocycles. The fourth-order valence-electron chi connectivity index (χ4n) is 5.44. The topological polar surface area (TPSA) is 141 Å². The van der Waals surface area contributed by atoms with Gasteiger partial charge in [-0.2, -0.15) is 5.26 Å². The zero-order chi connectivity index (χ0) is 28.2. The molecule has 3 fully saturated rings. The van der Waals surface area contributed by atoms with Crippen molar-refractivity contribution in [1.82, 2.24) is 20.5 Å². The van der Waals surface area contributed by atoms with Crippen LogP contribution in [0.25, 0.3) is 0 Å². The highest BCUT2D eigenvalue weighted by Crippen LogP contribution is 2.40. The molecular formula is C26H29Cl2N5O5S. The number of halogens is 2. The number of hydrogen-bond acceptors (Lipinski definition) is 8. The molecular weight excluding hydrogens is 565 g/mol. The van der Waals surface area contributed by atoms with Gasteiger partial charge < -0.3 is 20.3 Å². The van der Waals surface area contributed by atoms with E-state index in [1.54, 1.807) is 25.1 Å². The molecule has 39 heavy (non-hydrogen) atoms. The van der Waals surface area contributed by atoms with E-state index in [1.807, 2.05) is 0 Å². The normalized spacial score (nSPS) is 28.9. The summed E-state index contributed by atoms with van der Waals surface area (Å²) < 4.78 is 33.1. The third-order valence-electron chi connectivity index (χ3n) is 8.22. The molecule has 0 spiro atoms. The molecule has 2 N–H and O–H groups in total. The monoisotopic (exact) mass is 593 g/mol. The number of ether oxygens (including phenoxy) is 1. The Morgan fingerprint density at radius 1 is 1.28 bits per heavy atom. The zero-order valence-corrected chi connectivity index (χ0v) is 23.8. The standard InChI is InChI=1S/C26H29Cl2N5O5S/c1-15-19(38-2)4-5-20(22(15)28)39(36,37)17-9-18(23(34)32-25(12-29)7-8-25)33(11-17)24(35)26(13-30-14-26)21-6-3-16(27)10-31-21/h3-6,10,15,17-19,30H,7-9,11,13-14H2,1-2H3,(H,32,34). The van der Waals surface area contributed by atoms with Crippen LogP contribution in [-0.2, 0) is 29.6 Å². The van der Waals surface area contributed by atoms with Crippen LogP contribution in [0.4, 0.5) is 0 Å². The van der Waals surface area contributed by atoms with Crippen molar-refractivity contribution >= 4 is 44.9 Å². The molecule has 13 heteroatoms. The largest absolute Gasteiger partial charge is 0.377 e. The smallest absolute Gasteiger partial charge is 0.244 e. The Bertz CT molecular complexity index is 1400. The fourth-order valence-corrected chi connectivity index (χ4v) is 7.94. The second-order valence-corrected chi connectivity index (χ2v) is 13.7. The Morgan fingerprint density at radius 2 is 2.00 bits per heavy atom. The van der Waals surface area contributed by atoms with Gasteiger partial charge in [0.1, 0.15) is 17.0 Å². The Labute approximate surface area is 237 Å². The first-order valence-corrected chi connectivity index (χ1v) is 15.0. The van der Waals surface area contributed by atoms with E-state index in [-0.39, 0.29) is 48.0 Å². The number of nitriles is 1. The lowest BCUT2D eigenvalue weighted by Crippen LogP contribution is -2.67. The highest BCUT2D eigenvalue weighted by Gasteiger charge is 2.56. The van der Waals surface area contributed by atoms with Gasteiger partial charge in [0.25, 0.3) is 0 Å². The van der Waals surface area contributed by atoms with E-state index in [0.717, 1.165) is 0 Å². The van der Waals surface area contributed by atoms with Crippen molar-refractivity contribution in [3.63, 3.8) is 0 Å². The lowest BCUT2D eigenvalue weighted by molar-refractivity contribution is -0.145. The van der Waals surface area contributed by atoms with Gasteiger partial charge >= 0.3 is 0 Å². The van der Waals surface area contributed by atoms with E-state index in [0.29, 0.717) is 23.6 Å². The van der Waals surface area contributed by atoms with Crippen LogP contribution in [-0.4, -0.2) is 79.8 Å². The predicted molar refractivity (Wildman–Crippen MR) is 144 cm³/mol. The number of hydrogen-bond donors (Lipinski definition) is 2. The summed E-state index contributed by atoms with van der Waals surface area (Å²) in [5, 5.41) is 14.9. The number of carbonyl (C=O) groups is 2. The van der Waals surface area contributed by atoms with Gasteiger partial charge in [-0.05, 0) is 37.5 Å². The summed E-state index contributed by atoms with van der Waals surface area (Å²) >= 11 is 12.5. The van der Waals surface area contributed by atoms with Crippen molar-refractivity contribution in [3.8, 4) is 6.07 Å². The summed E-state index contributed by atoms with van der Waals surface area (Å²) in [6.45, 7) is 2.14. The first-order chi connectivity index (χ1) is 18.5. The van der Waals surface area contributed by atoms with Gasteiger partial charge in [-0.15, -0.1) is 0 Å². The minimum atomic E-state index is -4.03. The first kappa shape index (κ1) is 28.1. The SMILES string of the molecule is COC1C=CC(S(=O)(=O)C2CC(C(=O)NC3(C#N)CC3)N(C(=O)C3(c4ccc(Cl)cn4)CNC3)C2)=C(Cl)C1C. The number of pyridine rings is 1. The van der Waals surface area contributed by atoms with Crippen LogP contribution in [0, 0.1) is 17.2 Å². The molecule has 2 aliphatic carbocycles. The number of amides is 2. The Morgan fingerprint density at radius 3 is 2.54 bits per heavy atom. The van der Waals surface area contributed by atoms with Gasteiger partial charge in [0.15, 0.2) is 9.84 Å². The minimum Gasteiger partial charge on any atom is -0.377 e. The fraction of sp³-hybridized carbons (Fsp3) is 0.538. The number of sulfone groups is 1. The number of aromatic nitrogens is 1. The van der Waals surface area contributed by atoms with Gasteiger partial charge in [0.2, 0.25) is 11.8 Å². The van der Waals surface area contributed by atoms with Gasteiger partial charge in [-0.3, -0.25) is 14.6 Å². The number of likely N-dealkylation sites (tertiary alicyclic amines) is 1. The number of allylic oxidation sites excluding steroid dienone is 1. The summed E-state index contributed by atoms with van der Waals surface area (Å²) in [7, 11) is -2.51. The average molecular weight is 595 g/mol. The highest BCUT2D eigenvalue weighted by atomic mass is 35.5. The number of methoxy groups -OCH3 is 1. The molecule has 5 rings (SSSR count). The summed E-state index contributed by atoms with van der Waals surface area (Å²) in [5.74, 6) is -1.32. The summed E-state index contributed by atoms with van der Waals surface area (Å²) in [6.07, 6.45) is 5.07. The molecule has 4 unspecified atom stereocenters. The summed E-state index contributed by atoms with van der Waals surface area (Å²) in [5.41, 5.74) is -1.56. The maximum Gasteiger partial charge on any atom is 0.244 e. The molecule has 1 aromatic heterocycles. The number of rotatable bonds is 7. The van der Waals surface area contributed by atoms with Gasteiger partial charge in [0.05, 0.1) is 33.0 Å². The maximum atomic E-state index is 14.2. The molecule has 2 aliphatic heterocycles. The lowest BCUT2D eigenvalue weighted by Gasteiger charge is -2.43. The van der Waals surface area contributed by atoms with E-state index in [2.05, 4.69) is 21.7 Å². The van der Waals surface area contributed by atoms with Crippen molar-refractivity contribution < 1.29 is 22.7 Å². The quantitative estimate of drug-likeness (QED) is 0.487. The van der Waals surface area contributed by atoms with Gasteiger partial charge in [-0.1, -0.05) is 36.2 Å². The van der Waals surface area contributed by atoms with Crippen molar-refractivity contribution in [1.29, 1.82) is 5.26 Å². The number of nitrogens with zero attached hydrogens (tertiary/aromatic N) is 3. The molecule has 3 heterocycles. The zero-order valence-electron chi connectivity index (χ0n) is 21.5. The maximum absolute atomic E-state index is 14.2. The Balaban J connectivity index is 1.49. The molecule has 0 bridgehead atoms. The highest BCUT2D eigenvalue weighted by molar-refractivity contribution is 7.96. The van der Waals surface area contributed by atoms with Crippen LogP contribution < -0.4 is 10.6 Å². The van der Waals surface area contributed by atoms with Crippen molar-refractivity contribution in [2.24, 2.45) is 5.92 Å². The molecule has 0 radical (unpaired) electrons. The summed E-state index contributed by atoms with van der Waals surface area (Å²) in [4.78, 5) is 33.3. The predicted octanol–water partition coefficient (Wildman–Crippen LogP) is 1.80. The molecule has 4 aliphatic rings. The van der Waals surface area contributed by atoms with E-state index in [4.69, 9.17) is 27.9 Å². The summed E-state index contributed by atoms with van der Waals surface area (Å²) in [6, 6.07) is 4.34. The van der Waals surface area contributed by atoms with E-state index >= 15 is 0 Å². The molecule has 0 aromatic carbocycles. The Kier molecular flexibility index (Phi) is 7.31. The van der Waals surface area contributed by atoms with Crippen LogP contribution in [0.5, 0.6) is 0 Å². The lowest BCUT2D eigenvalue weighted by atomic mass is 9.76. The molecule has 208 valence electrons. The first-order valence-electron chi connectivity index (χ1n) is 12.7. The average Bonchev–Trinajstić information content (AvgIpc) is 3.50. The van der Waals surface area contributed by atoms with E-state index in [1.165, 1.54) is 24.3 Å². The van der Waals surface area contributed by atoms with Crippen molar-refractivity contribution in [2.45, 2.75) is 54.5 Å². The third-order valence-corrected chi connectivity index (χ3v) is 11.3. The molecule has 10 nitrogen and oxygen atoms in total. The van der Waals surface area contributed by atoms with Crippen molar-refractivity contribution in [2.75, 3.05) is 26.7 Å². The third kappa shape index (κ3) is 4.76. The molecule has 4 atom stereocenters. The second kappa shape index (κ2) is 10.2. The van der Waals surface area contributed by atoms with Crippen LogP contribution >= 0.6 is 23.2 Å². The van der Waals surface area contributed by atoms with E-state index in [9.17, 15) is 23.3 Å². The van der Waals surface area contributed by atoms with Gasteiger partial charge in [0, 0.05) is 43.9 Å². The van der Waals surface area contributed by atoms with Crippen LogP contribution in [0.2, 0.25) is 5.02 Å². The van der Waals surface area contributed by atoms with Crippen molar-refractivity contribution in [3.05, 3.63) is 51.1 Å². The number of carbonyl (C=O) groups excluding carboxylic acids is 2. The molecule has 1 saturated carbocycles. The number of nitrogens with one attached hydrogen (secondary N) is 2. The molecule has 1 aromatic rings. The Hall–Kier alpha value is -2.49. The van der Waals surface area contributed by atoms with Crippen LogP contribution in [0.1, 0.15) is 31.9 Å². The van der Waals surface area contributed by atoms with Crippen LogP contribution in [0.3, 0.4) is 0 Å². The van der Waals surface area contributed by atoms with E-state index < -0.39 is 43.9 Å². The van der Waals surface area contributed by atoms with Crippen LogP contribution in [0.15, 0.2) is 40.4 Å². The minimum absolute atomic E-state index is 0.0292. The van der Waals surface area contributed by atoms with Gasteiger partial charge in [-0.25, -0.2) is 8.42 Å².